The number of halogens is 2. The Bertz CT molecular complexity index is 1730. The molecule has 1 atom stereocenters. The number of nitrogens with zero attached hydrogens (tertiary/aromatic N) is 4. The maximum absolute atomic E-state index is 14.7. The second-order valence-electron chi connectivity index (χ2n) is 12.6. The molecule has 6 rings (SSSR count). The van der Waals surface area contributed by atoms with E-state index in [4.69, 9.17) is 4.74 Å². The molecule has 11 heteroatoms. The van der Waals surface area contributed by atoms with Gasteiger partial charge >= 0.3 is 6.09 Å². The van der Waals surface area contributed by atoms with Crippen LogP contribution in [0, 0.1) is 17.6 Å². The zero-order chi connectivity index (χ0) is 33.6. The number of carbonyl (C=O) groups is 2. The molecule has 2 amide bonds. The molecule has 3 aromatic carbocycles. The fourth-order valence-electron chi connectivity index (χ4n) is 7.13. The van der Waals surface area contributed by atoms with Crippen LogP contribution in [-0.2, 0) is 17.8 Å². The fourth-order valence-corrected chi connectivity index (χ4v) is 7.13. The summed E-state index contributed by atoms with van der Waals surface area (Å²) >= 11 is 0. The molecule has 2 saturated heterocycles. The molecule has 0 unspecified atom stereocenters. The van der Waals surface area contributed by atoms with Gasteiger partial charge in [-0.15, -0.1) is 0 Å². The van der Waals surface area contributed by atoms with Crippen molar-refractivity contribution in [2.24, 2.45) is 5.92 Å². The first-order valence-electron chi connectivity index (χ1n) is 16.8. The highest BCUT2D eigenvalue weighted by Gasteiger charge is 2.36. The van der Waals surface area contributed by atoms with Crippen LogP contribution in [0.1, 0.15) is 30.9 Å². The SMILES string of the molecule is CCOc1cccc(F)c1CN1CCN(C(=O)[C@H](NC(=O)O)C2CCN(CCc3cn(-c4ccccc4F)c4ccccc34)CC2)CC1. The number of carboxylic acid groups (broad SMARTS) is 1. The van der Waals surface area contributed by atoms with Gasteiger partial charge < -0.3 is 29.5 Å². The minimum absolute atomic E-state index is 0.113. The number of nitrogens with one attached hydrogen (secondary N) is 1. The van der Waals surface area contributed by atoms with Gasteiger partial charge in [0, 0.05) is 56.4 Å². The number of fused-ring (bicyclic) bond motifs is 1. The highest BCUT2D eigenvalue weighted by molar-refractivity contribution is 5.86. The van der Waals surface area contributed by atoms with Gasteiger partial charge in [-0.2, -0.15) is 0 Å². The molecule has 0 saturated carbocycles. The van der Waals surface area contributed by atoms with Crippen LogP contribution in [0.15, 0.2) is 72.9 Å². The number of aromatic nitrogens is 1. The molecule has 48 heavy (non-hydrogen) atoms. The van der Waals surface area contributed by atoms with Crippen LogP contribution in [0.3, 0.4) is 0 Å². The first-order valence-corrected chi connectivity index (χ1v) is 16.8. The molecule has 0 spiro atoms. The molecule has 0 radical (unpaired) electrons. The molecule has 2 aliphatic heterocycles. The molecule has 9 nitrogen and oxygen atoms in total. The summed E-state index contributed by atoms with van der Waals surface area (Å²) in [6.45, 7) is 6.97. The van der Waals surface area contributed by atoms with E-state index in [1.165, 1.54) is 12.1 Å². The average Bonchev–Trinajstić information content (AvgIpc) is 3.46. The third kappa shape index (κ3) is 7.47. The quantitative estimate of drug-likeness (QED) is 0.220. The highest BCUT2D eigenvalue weighted by atomic mass is 19.1. The van der Waals surface area contributed by atoms with Crippen molar-refractivity contribution in [2.45, 2.75) is 38.8 Å². The number of para-hydroxylation sites is 2. The van der Waals surface area contributed by atoms with E-state index in [-0.39, 0.29) is 23.5 Å². The molecule has 0 bridgehead atoms. The first kappa shape index (κ1) is 33.4. The number of carbonyl (C=O) groups excluding carboxylic acids is 1. The topological polar surface area (TPSA) is 90.3 Å². The van der Waals surface area contributed by atoms with Gasteiger partial charge in [-0.25, -0.2) is 13.6 Å². The van der Waals surface area contributed by atoms with E-state index < -0.39 is 12.1 Å². The number of likely N-dealkylation sites (tertiary alicyclic amines) is 1. The van der Waals surface area contributed by atoms with Gasteiger partial charge in [-0.1, -0.05) is 36.4 Å². The third-order valence-corrected chi connectivity index (χ3v) is 9.69. The third-order valence-electron chi connectivity index (χ3n) is 9.69. The van der Waals surface area contributed by atoms with E-state index in [1.54, 1.807) is 29.2 Å². The number of piperidine rings is 1. The van der Waals surface area contributed by atoms with Crippen LogP contribution < -0.4 is 10.1 Å². The van der Waals surface area contributed by atoms with Gasteiger partial charge in [-0.3, -0.25) is 9.69 Å². The van der Waals surface area contributed by atoms with Gasteiger partial charge in [0.25, 0.3) is 0 Å². The van der Waals surface area contributed by atoms with E-state index >= 15 is 0 Å². The predicted octanol–water partition coefficient (Wildman–Crippen LogP) is 5.54. The maximum Gasteiger partial charge on any atom is 0.405 e. The monoisotopic (exact) mass is 659 g/mol. The zero-order valence-electron chi connectivity index (χ0n) is 27.3. The number of rotatable bonds is 11. The molecule has 4 aromatic rings. The minimum Gasteiger partial charge on any atom is -0.493 e. The van der Waals surface area contributed by atoms with Crippen molar-refractivity contribution in [3.05, 3.63) is 95.7 Å². The first-order chi connectivity index (χ1) is 23.3. The molecular formula is C37H43F2N5O4. The molecule has 0 aliphatic carbocycles. The number of ether oxygens (including phenoxy) is 1. The van der Waals surface area contributed by atoms with Gasteiger partial charge in [0.2, 0.25) is 5.91 Å². The summed E-state index contributed by atoms with van der Waals surface area (Å²) in [6.07, 6.45) is 2.99. The second kappa shape index (κ2) is 15.2. The molecule has 2 N–H and O–H groups in total. The minimum atomic E-state index is -1.20. The number of amides is 2. The Morgan fingerprint density at radius 3 is 2.33 bits per heavy atom. The number of benzene rings is 3. The van der Waals surface area contributed by atoms with Crippen LogP contribution in [0.2, 0.25) is 0 Å². The highest BCUT2D eigenvalue weighted by Crippen LogP contribution is 2.29. The normalized spacial score (nSPS) is 17.0. The molecule has 254 valence electrons. The molecule has 3 heterocycles. The summed E-state index contributed by atoms with van der Waals surface area (Å²) in [7, 11) is 0. The molecule has 2 fully saturated rings. The van der Waals surface area contributed by atoms with Crippen molar-refractivity contribution in [1.29, 1.82) is 0 Å². The lowest BCUT2D eigenvalue weighted by Gasteiger charge is -2.40. The van der Waals surface area contributed by atoms with Gasteiger partial charge in [0.05, 0.1) is 17.8 Å². The largest absolute Gasteiger partial charge is 0.493 e. The Labute approximate surface area is 279 Å². The lowest BCUT2D eigenvalue weighted by molar-refractivity contribution is -0.137. The van der Waals surface area contributed by atoms with E-state index in [0.29, 0.717) is 69.2 Å². The Kier molecular flexibility index (Phi) is 10.6. The van der Waals surface area contributed by atoms with Crippen molar-refractivity contribution in [2.75, 3.05) is 52.4 Å². The van der Waals surface area contributed by atoms with Crippen LogP contribution in [-0.4, -0.2) is 94.8 Å². The summed E-state index contributed by atoms with van der Waals surface area (Å²) in [5, 5.41) is 13.3. The van der Waals surface area contributed by atoms with Crippen LogP contribution in [0.5, 0.6) is 5.75 Å². The lowest BCUT2D eigenvalue weighted by atomic mass is 9.88. The molecular weight excluding hydrogens is 616 g/mol. The maximum atomic E-state index is 14.7. The van der Waals surface area contributed by atoms with Gasteiger partial charge in [-0.05, 0) is 81.1 Å². The van der Waals surface area contributed by atoms with Crippen LogP contribution in [0.25, 0.3) is 16.6 Å². The van der Waals surface area contributed by atoms with Crippen molar-refractivity contribution in [3.8, 4) is 11.4 Å². The van der Waals surface area contributed by atoms with E-state index in [0.717, 1.165) is 42.5 Å². The van der Waals surface area contributed by atoms with Gasteiger partial charge in [0.1, 0.15) is 23.4 Å². The van der Waals surface area contributed by atoms with E-state index in [1.807, 2.05) is 42.0 Å². The predicted molar refractivity (Wildman–Crippen MR) is 180 cm³/mol. The summed E-state index contributed by atoms with van der Waals surface area (Å²) in [5.41, 5.74) is 3.12. The van der Waals surface area contributed by atoms with E-state index in [2.05, 4.69) is 21.2 Å². The summed E-state index contributed by atoms with van der Waals surface area (Å²) < 4.78 is 36.8. The van der Waals surface area contributed by atoms with Crippen molar-refractivity contribution < 1.29 is 28.2 Å². The van der Waals surface area contributed by atoms with Crippen LogP contribution >= 0.6 is 0 Å². The summed E-state index contributed by atoms with van der Waals surface area (Å²) in [4.78, 5) is 31.7. The Morgan fingerprint density at radius 2 is 1.60 bits per heavy atom. The molecule has 2 aliphatic rings. The van der Waals surface area contributed by atoms with Gasteiger partial charge in [0.15, 0.2) is 0 Å². The Hall–Kier alpha value is -4.48. The molecule has 1 aromatic heterocycles. The lowest BCUT2D eigenvalue weighted by Crippen LogP contribution is -2.58. The standard InChI is InChI=1S/C37H43F2N5O4/c1-2-48-34-13-7-10-30(38)29(34)25-42-20-22-43(23-21-42)36(45)35(40-37(46)47)26-14-17-41(18-15-26)19-16-27-24-44(32-11-5-3-8-28(27)32)33-12-6-4-9-31(33)39/h3-13,24,26,35,40H,2,14-23,25H2,1H3,(H,46,47)/t35-/m1/s1. The second-order valence-corrected chi connectivity index (χ2v) is 12.6. The average molecular weight is 660 g/mol. The summed E-state index contributed by atoms with van der Waals surface area (Å²) in [5.74, 6) is -0.366. The number of piperazine rings is 1. The van der Waals surface area contributed by atoms with Crippen LogP contribution in [0.4, 0.5) is 13.6 Å². The summed E-state index contributed by atoms with van der Waals surface area (Å²) in [6, 6.07) is 18.8. The Balaban J connectivity index is 1.04. The van der Waals surface area contributed by atoms with Crippen molar-refractivity contribution in [1.82, 2.24) is 24.6 Å². The van der Waals surface area contributed by atoms with E-state index in [9.17, 15) is 23.5 Å². The number of hydrogen-bond donors (Lipinski definition) is 2. The fraction of sp³-hybridized carbons (Fsp3) is 0.405. The zero-order valence-corrected chi connectivity index (χ0v) is 27.3. The number of hydrogen-bond acceptors (Lipinski definition) is 5. The Morgan fingerprint density at radius 1 is 0.896 bits per heavy atom. The smallest absolute Gasteiger partial charge is 0.405 e. The van der Waals surface area contributed by atoms with Crippen molar-refractivity contribution >= 4 is 22.9 Å². The van der Waals surface area contributed by atoms with Crippen molar-refractivity contribution in [3.63, 3.8) is 0 Å².